The Bertz CT molecular complexity index is 482. The summed E-state index contributed by atoms with van der Waals surface area (Å²) in [5.74, 6) is 0.770. The topological polar surface area (TPSA) is 78.3 Å². The summed E-state index contributed by atoms with van der Waals surface area (Å²) in [4.78, 5) is 16.8. The van der Waals surface area contributed by atoms with E-state index >= 15 is 0 Å². The first-order chi connectivity index (χ1) is 11.1. The first-order valence-electron chi connectivity index (χ1n) is 8.48. The van der Waals surface area contributed by atoms with E-state index in [1.165, 1.54) is 0 Å². The Morgan fingerprint density at radius 1 is 1.22 bits per heavy atom. The van der Waals surface area contributed by atoms with Gasteiger partial charge in [-0.05, 0) is 20.4 Å². The third-order valence-corrected chi connectivity index (χ3v) is 4.48. The molecule has 130 valence electrons. The van der Waals surface area contributed by atoms with Crippen LogP contribution in [0.3, 0.4) is 0 Å². The molecule has 0 aliphatic carbocycles. The summed E-state index contributed by atoms with van der Waals surface area (Å²) in [5.41, 5.74) is 0. The van der Waals surface area contributed by atoms with Crippen LogP contribution in [0.4, 0.5) is 4.79 Å². The highest BCUT2D eigenvalue weighted by atomic mass is 16.2. The first-order valence-corrected chi connectivity index (χ1v) is 8.48. The fourth-order valence-electron chi connectivity index (χ4n) is 2.79. The monoisotopic (exact) mass is 323 g/mol. The molecule has 1 fully saturated rings. The number of likely N-dealkylation sites (N-methyl/N-ethyl adjacent to an activating group) is 1. The largest absolute Gasteiger partial charge is 0.337 e. The van der Waals surface area contributed by atoms with Crippen LogP contribution in [0, 0.1) is 0 Å². The molecule has 1 unspecified atom stereocenters. The number of carbonyl (C=O) groups excluding carboxylic acids is 1. The second kappa shape index (κ2) is 8.83. The van der Waals surface area contributed by atoms with Gasteiger partial charge < -0.3 is 20.1 Å². The van der Waals surface area contributed by atoms with Crippen LogP contribution in [0.5, 0.6) is 0 Å². The van der Waals surface area contributed by atoms with Gasteiger partial charge in [0.15, 0.2) is 5.82 Å². The molecule has 0 radical (unpaired) electrons. The minimum absolute atomic E-state index is 0.158. The van der Waals surface area contributed by atoms with Gasteiger partial charge in [-0.2, -0.15) is 0 Å². The van der Waals surface area contributed by atoms with Gasteiger partial charge in [-0.3, -0.25) is 4.90 Å². The van der Waals surface area contributed by atoms with Gasteiger partial charge in [-0.15, -0.1) is 10.2 Å². The number of amides is 2. The van der Waals surface area contributed by atoms with E-state index < -0.39 is 0 Å². The van der Waals surface area contributed by atoms with Crippen LogP contribution in [0.25, 0.3) is 0 Å². The van der Waals surface area contributed by atoms with E-state index in [0.29, 0.717) is 19.1 Å². The molecule has 8 nitrogen and oxygen atoms in total. The van der Waals surface area contributed by atoms with Gasteiger partial charge in [0, 0.05) is 45.3 Å². The van der Waals surface area contributed by atoms with E-state index in [1.54, 1.807) is 6.33 Å². The zero-order valence-corrected chi connectivity index (χ0v) is 14.5. The highest BCUT2D eigenvalue weighted by Gasteiger charge is 2.20. The number of piperazine rings is 1. The number of hydrogen-bond donors (Lipinski definition) is 2. The van der Waals surface area contributed by atoms with Crippen molar-refractivity contribution in [2.75, 3.05) is 39.3 Å². The summed E-state index contributed by atoms with van der Waals surface area (Å²) >= 11 is 0. The second-order valence-electron chi connectivity index (χ2n) is 5.92. The van der Waals surface area contributed by atoms with Crippen molar-refractivity contribution >= 4 is 6.03 Å². The van der Waals surface area contributed by atoms with Crippen LogP contribution in [0.15, 0.2) is 6.33 Å². The molecule has 1 aliphatic heterocycles. The molecule has 1 aliphatic rings. The average Bonchev–Trinajstić information content (AvgIpc) is 3.05. The minimum Gasteiger partial charge on any atom is -0.337 e. The molecule has 0 aromatic carbocycles. The molecule has 0 saturated carbocycles. The third-order valence-electron chi connectivity index (χ3n) is 4.48. The number of aromatic nitrogens is 3. The van der Waals surface area contributed by atoms with E-state index in [2.05, 4.69) is 44.5 Å². The Morgan fingerprint density at radius 3 is 2.61 bits per heavy atom. The van der Waals surface area contributed by atoms with E-state index in [1.807, 2.05) is 11.5 Å². The summed E-state index contributed by atoms with van der Waals surface area (Å²) in [6, 6.07) is 0.189. The van der Waals surface area contributed by atoms with Crippen molar-refractivity contribution in [3.63, 3.8) is 0 Å². The second-order valence-corrected chi connectivity index (χ2v) is 5.92. The number of aryl methyl sites for hydroxylation is 1. The van der Waals surface area contributed by atoms with Crippen molar-refractivity contribution in [1.82, 2.24) is 35.2 Å². The van der Waals surface area contributed by atoms with E-state index in [-0.39, 0.29) is 6.03 Å². The minimum atomic E-state index is -0.158. The molecular weight excluding hydrogens is 294 g/mol. The Balaban J connectivity index is 1.66. The lowest BCUT2D eigenvalue weighted by atomic mass is 10.2. The summed E-state index contributed by atoms with van der Waals surface area (Å²) < 4.78 is 1.91. The van der Waals surface area contributed by atoms with Crippen molar-refractivity contribution in [1.29, 1.82) is 0 Å². The Kier molecular flexibility index (Phi) is 6.79. The van der Waals surface area contributed by atoms with Crippen molar-refractivity contribution in [2.45, 2.75) is 39.9 Å². The van der Waals surface area contributed by atoms with Crippen molar-refractivity contribution in [3.8, 4) is 0 Å². The molecule has 0 spiro atoms. The lowest BCUT2D eigenvalue weighted by Gasteiger charge is -2.37. The van der Waals surface area contributed by atoms with Gasteiger partial charge in [-0.25, -0.2) is 4.79 Å². The molecular formula is C15H29N7O. The highest BCUT2D eigenvalue weighted by Crippen LogP contribution is 2.05. The Hall–Kier alpha value is -1.67. The predicted octanol–water partition coefficient (Wildman–Crippen LogP) is 0.123. The molecule has 2 amide bonds. The fraction of sp³-hybridized carbons (Fsp3) is 0.800. The van der Waals surface area contributed by atoms with Gasteiger partial charge >= 0.3 is 6.03 Å². The SMILES string of the molecule is CCN1CCN(C(C)CNC(=O)NCc2nncn2CC)CC1. The fourth-order valence-corrected chi connectivity index (χ4v) is 2.79. The molecule has 1 atom stereocenters. The van der Waals surface area contributed by atoms with Crippen LogP contribution < -0.4 is 10.6 Å². The van der Waals surface area contributed by atoms with Crippen molar-refractivity contribution in [3.05, 3.63) is 12.2 Å². The van der Waals surface area contributed by atoms with E-state index in [9.17, 15) is 4.79 Å². The Labute approximate surface area is 138 Å². The molecule has 1 aromatic rings. The number of rotatable bonds is 7. The normalized spacial score (nSPS) is 17.9. The van der Waals surface area contributed by atoms with Crippen molar-refractivity contribution < 1.29 is 4.79 Å². The summed E-state index contributed by atoms with van der Waals surface area (Å²) in [5, 5.41) is 13.6. The van der Waals surface area contributed by atoms with Crippen LogP contribution in [-0.4, -0.2) is 75.9 Å². The number of nitrogens with one attached hydrogen (secondary N) is 2. The predicted molar refractivity (Wildman–Crippen MR) is 89.1 cm³/mol. The van der Waals surface area contributed by atoms with Crippen LogP contribution in [-0.2, 0) is 13.1 Å². The smallest absolute Gasteiger partial charge is 0.315 e. The zero-order chi connectivity index (χ0) is 16.7. The first kappa shape index (κ1) is 17.7. The van der Waals surface area contributed by atoms with Crippen LogP contribution in [0.1, 0.15) is 26.6 Å². The van der Waals surface area contributed by atoms with Gasteiger partial charge in [0.25, 0.3) is 0 Å². The van der Waals surface area contributed by atoms with Crippen LogP contribution >= 0.6 is 0 Å². The molecule has 8 heteroatoms. The van der Waals surface area contributed by atoms with E-state index in [0.717, 1.165) is 45.1 Å². The highest BCUT2D eigenvalue weighted by molar-refractivity contribution is 5.73. The van der Waals surface area contributed by atoms with Gasteiger partial charge in [0.05, 0.1) is 6.54 Å². The molecule has 1 aromatic heterocycles. The maximum atomic E-state index is 11.9. The summed E-state index contributed by atoms with van der Waals surface area (Å²) in [6.07, 6.45) is 1.67. The molecule has 23 heavy (non-hydrogen) atoms. The van der Waals surface area contributed by atoms with Gasteiger partial charge in [0.2, 0.25) is 0 Å². The summed E-state index contributed by atoms with van der Waals surface area (Å²) in [6.45, 7) is 13.7. The molecule has 1 saturated heterocycles. The molecule has 2 rings (SSSR count). The number of urea groups is 1. The molecule has 0 bridgehead atoms. The van der Waals surface area contributed by atoms with E-state index in [4.69, 9.17) is 0 Å². The standard InChI is InChI=1S/C15H29N7O/c1-4-20-6-8-22(9-7-20)13(3)10-16-15(23)17-11-14-19-18-12-21(14)5-2/h12-13H,4-11H2,1-3H3,(H2,16,17,23). The lowest BCUT2D eigenvalue weighted by molar-refractivity contribution is 0.106. The number of carbonyl (C=O) groups is 1. The summed E-state index contributed by atoms with van der Waals surface area (Å²) in [7, 11) is 0. The Morgan fingerprint density at radius 2 is 1.96 bits per heavy atom. The van der Waals surface area contributed by atoms with Crippen LogP contribution in [0.2, 0.25) is 0 Å². The zero-order valence-electron chi connectivity index (χ0n) is 14.5. The lowest BCUT2D eigenvalue weighted by Crippen LogP contribution is -2.52. The van der Waals surface area contributed by atoms with Gasteiger partial charge in [-0.1, -0.05) is 6.92 Å². The van der Waals surface area contributed by atoms with Gasteiger partial charge in [0.1, 0.15) is 6.33 Å². The number of nitrogens with zero attached hydrogens (tertiary/aromatic N) is 5. The third kappa shape index (κ3) is 5.18. The molecule has 2 heterocycles. The maximum Gasteiger partial charge on any atom is 0.315 e. The maximum absolute atomic E-state index is 11.9. The number of hydrogen-bond acceptors (Lipinski definition) is 5. The average molecular weight is 323 g/mol. The quantitative estimate of drug-likeness (QED) is 0.745. The molecule has 2 N–H and O–H groups in total. The van der Waals surface area contributed by atoms with Crippen molar-refractivity contribution in [2.24, 2.45) is 0 Å².